The summed E-state index contributed by atoms with van der Waals surface area (Å²) >= 11 is 12.7. The van der Waals surface area contributed by atoms with Gasteiger partial charge in [-0.3, -0.25) is 14.4 Å². The van der Waals surface area contributed by atoms with E-state index in [-0.39, 0.29) is 17.1 Å². The first-order valence-corrected chi connectivity index (χ1v) is 9.96. The molecule has 2 aliphatic rings. The molecule has 152 valence electrons. The third-order valence-corrected chi connectivity index (χ3v) is 6.03. The lowest BCUT2D eigenvalue weighted by Crippen LogP contribution is -2.65. The van der Waals surface area contributed by atoms with Gasteiger partial charge in [-0.05, 0) is 18.6 Å². The van der Waals surface area contributed by atoms with Crippen molar-refractivity contribution in [2.24, 2.45) is 0 Å². The molecule has 1 atom stereocenters. The number of hydrogen-bond donors (Lipinski definition) is 1. The Hall–Kier alpha value is -2.58. The fraction of sp³-hybridized carbons (Fsp3) is 0.368. The minimum Gasteiger partial charge on any atom is -0.346 e. The highest BCUT2D eigenvalue weighted by molar-refractivity contribution is 6.35. The number of carbonyl (C=O) groups excluding carboxylic acids is 3. The largest absolute Gasteiger partial charge is 0.346 e. The van der Waals surface area contributed by atoms with Gasteiger partial charge >= 0.3 is 11.8 Å². The number of fused-ring (bicyclic) bond motifs is 1. The molecule has 2 fully saturated rings. The van der Waals surface area contributed by atoms with Gasteiger partial charge < -0.3 is 15.1 Å². The number of benzene rings is 1. The van der Waals surface area contributed by atoms with E-state index < -0.39 is 11.8 Å². The number of aryl methyl sites for hydroxylation is 1. The molecule has 4 rings (SSSR count). The van der Waals surface area contributed by atoms with Crippen LogP contribution in [0.4, 0.5) is 0 Å². The molecule has 0 unspecified atom stereocenters. The number of amides is 3. The van der Waals surface area contributed by atoms with E-state index in [1.165, 1.54) is 4.90 Å². The van der Waals surface area contributed by atoms with Crippen molar-refractivity contribution in [3.05, 3.63) is 51.3 Å². The van der Waals surface area contributed by atoms with E-state index in [4.69, 9.17) is 23.2 Å². The number of nitrogens with zero attached hydrogens (tertiary/aromatic N) is 4. The molecule has 0 radical (unpaired) electrons. The van der Waals surface area contributed by atoms with E-state index in [0.717, 1.165) is 5.56 Å². The smallest absolute Gasteiger partial charge is 0.312 e. The summed E-state index contributed by atoms with van der Waals surface area (Å²) < 4.78 is 1.56. The molecule has 0 spiro atoms. The standard InChI is InChI=1S/C19H19Cl2N5O3/c1-11-15(16(21)26(23-11)9-12-4-2-3-5-14(12)20)18(28)24-6-7-25-13(10-24)8-22-17(27)19(25)29/h2-5,13H,6-10H2,1H3,(H,22,27)/t13-/m1/s1. The van der Waals surface area contributed by atoms with Crippen LogP contribution in [0.25, 0.3) is 0 Å². The maximum absolute atomic E-state index is 13.2. The number of piperazine rings is 2. The Kier molecular flexibility index (Phi) is 5.23. The Morgan fingerprint density at radius 2 is 2.00 bits per heavy atom. The Bertz CT molecular complexity index is 1010. The summed E-state index contributed by atoms with van der Waals surface area (Å²) in [6.07, 6.45) is 0. The predicted octanol–water partition coefficient (Wildman–Crippen LogP) is 1.33. The van der Waals surface area contributed by atoms with Gasteiger partial charge in [-0.25, -0.2) is 4.68 Å². The summed E-state index contributed by atoms with van der Waals surface area (Å²) in [5.41, 5.74) is 1.73. The Balaban J connectivity index is 1.54. The number of hydrogen-bond acceptors (Lipinski definition) is 4. The molecule has 2 aliphatic heterocycles. The van der Waals surface area contributed by atoms with E-state index in [2.05, 4.69) is 10.4 Å². The lowest BCUT2D eigenvalue weighted by atomic mass is 10.1. The summed E-state index contributed by atoms with van der Waals surface area (Å²) in [7, 11) is 0. The van der Waals surface area contributed by atoms with Gasteiger partial charge in [-0.15, -0.1) is 0 Å². The van der Waals surface area contributed by atoms with Gasteiger partial charge in [-0.1, -0.05) is 41.4 Å². The highest BCUT2D eigenvalue weighted by Gasteiger charge is 2.39. The number of nitrogens with one attached hydrogen (secondary N) is 1. The van der Waals surface area contributed by atoms with Crippen molar-refractivity contribution in [3.8, 4) is 0 Å². The van der Waals surface area contributed by atoms with Crippen molar-refractivity contribution < 1.29 is 14.4 Å². The van der Waals surface area contributed by atoms with Crippen LogP contribution in [-0.2, 0) is 16.1 Å². The average Bonchev–Trinajstić information content (AvgIpc) is 2.99. The van der Waals surface area contributed by atoms with Crippen LogP contribution in [0.2, 0.25) is 10.2 Å². The third-order valence-electron chi connectivity index (χ3n) is 5.28. The normalized spacial score (nSPS) is 19.2. The van der Waals surface area contributed by atoms with Crippen LogP contribution < -0.4 is 5.32 Å². The van der Waals surface area contributed by atoms with Crippen molar-refractivity contribution in [2.45, 2.75) is 19.5 Å². The fourth-order valence-electron chi connectivity index (χ4n) is 3.75. The molecule has 0 saturated carbocycles. The van der Waals surface area contributed by atoms with Crippen LogP contribution in [0, 0.1) is 6.92 Å². The van der Waals surface area contributed by atoms with Crippen molar-refractivity contribution in [2.75, 3.05) is 26.2 Å². The first kappa shape index (κ1) is 19.7. The van der Waals surface area contributed by atoms with Crippen molar-refractivity contribution >= 4 is 40.9 Å². The number of carbonyl (C=O) groups is 3. The first-order chi connectivity index (χ1) is 13.9. The van der Waals surface area contributed by atoms with Gasteiger partial charge in [0.2, 0.25) is 0 Å². The third kappa shape index (κ3) is 3.58. The lowest BCUT2D eigenvalue weighted by Gasteiger charge is -2.43. The maximum atomic E-state index is 13.2. The van der Waals surface area contributed by atoms with E-state index in [1.807, 2.05) is 18.2 Å². The number of aromatic nitrogens is 2. The average molecular weight is 436 g/mol. The van der Waals surface area contributed by atoms with Crippen LogP contribution in [0.3, 0.4) is 0 Å². The van der Waals surface area contributed by atoms with E-state index in [9.17, 15) is 14.4 Å². The second-order valence-corrected chi connectivity index (χ2v) is 7.88. The van der Waals surface area contributed by atoms with Crippen LogP contribution in [0.15, 0.2) is 24.3 Å². The van der Waals surface area contributed by atoms with Crippen molar-refractivity contribution in [3.63, 3.8) is 0 Å². The Labute approximate surface area is 177 Å². The second-order valence-electron chi connectivity index (χ2n) is 7.11. The topological polar surface area (TPSA) is 87.5 Å². The Morgan fingerprint density at radius 1 is 1.24 bits per heavy atom. The highest BCUT2D eigenvalue weighted by Crippen LogP contribution is 2.26. The van der Waals surface area contributed by atoms with Gasteiger partial charge in [0.15, 0.2) is 0 Å². The molecule has 1 N–H and O–H groups in total. The molecule has 29 heavy (non-hydrogen) atoms. The molecule has 3 heterocycles. The van der Waals surface area contributed by atoms with Crippen LogP contribution in [0.1, 0.15) is 21.6 Å². The number of rotatable bonds is 3. The minimum atomic E-state index is -0.597. The second kappa shape index (κ2) is 7.68. The van der Waals surface area contributed by atoms with Gasteiger partial charge in [0.05, 0.1) is 23.8 Å². The summed E-state index contributed by atoms with van der Waals surface area (Å²) in [4.78, 5) is 39.9. The minimum absolute atomic E-state index is 0.234. The van der Waals surface area contributed by atoms with E-state index in [1.54, 1.807) is 22.6 Å². The zero-order valence-corrected chi connectivity index (χ0v) is 17.2. The molecule has 0 bridgehead atoms. The van der Waals surface area contributed by atoms with Gasteiger partial charge in [0.25, 0.3) is 5.91 Å². The predicted molar refractivity (Wildman–Crippen MR) is 107 cm³/mol. The zero-order valence-electron chi connectivity index (χ0n) is 15.7. The summed E-state index contributed by atoms with van der Waals surface area (Å²) in [6.45, 7) is 3.39. The van der Waals surface area contributed by atoms with Gasteiger partial charge in [0, 0.05) is 31.2 Å². The summed E-state index contributed by atoms with van der Waals surface area (Å²) in [5.74, 6) is -1.38. The monoisotopic (exact) mass is 435 g/mol. The van der Waals surface area contributed by atoms with Gasteiger partial charge in [-0.2, -0.15) is 5.10 Å². The van der Waals surface area contributed by atoms with Crippen LogP contribution in [-0.4, -0.2) is 69.5 Å². The first-order valence-electron chi connectivity index (χ1n) is 9.21. The molecular formula is C19H19Cl2N5O3. The molecule has 8 nitrogen and oxygen atoms in total. The number of halogens is 2. The van der Waals surface area contributed by atoms with E-state index in [0.29, 0.717) is 49.0 Å². The Morgan fingerprint density at radius 3 is 2.76 bits per heavy atom. The fourth-order valence-corrected chi connectivity index (χ4v) is 4.26. The molecular weight excluding hydrogens is 417 g/mol. The van der Waals surface area contributed by atoms with Crippen molar-refractivity contribution in [1.29, 1.82) is 0 Å². The SMILES string of the molecule is Cc1nn(Cc2ccccc2Cl)c(Cl)c1C(=O)N1CCN2C(=O)C(=O)NC[C@@H]2C1. The van der Waals surface area contributed by atoms with E-state index >= 15 is 0 Å². The molecule has 10 heteroatoms. The molecule has 0 aliphatic carbocycles. The quantitative estimate of drug-likeness (QED) is 0.736. The molecule has 3 amide bonds. The molecule has 2 aromatic rings. The zero-order chi connectivity index (χ0) is 20.7. The molecule has 1 aromatic heterocycles. The van der Waals surface area contributed by atoms with Crippen LogP contribution in [0.5, 0.6) is 0 Å². The maximum Gasteiger partial charge on any atom is 0.312 e. The summed E-state index contributed by atoms with van der Waals surface area (Å²) in [5, 5.41) is 7.84. The molecule has 2 saturated heterocycles. The van der Waals surface area contributed by atoms with Crippen molar-refractivity contribution in [1.82, 2.24) is 24.9 Å². The highest BCUT2D eigenvalue weighted by atomic mass is 35.5. The van der Waals surface area contributed by atoms with Gasteiger partial charge in [0.1, 0.15) is 5.15 Å². The lowest BCUT2D eigenvalue weighted by molar-refractivity contribution is -0.152. The summed E-state index contributed by atoms with van der Waals surface area (Å²) in [6, 6.07) is 7.15. The van der Waals surface area contributed by atoms with Crippen LogP contribution >= 0.6 is 23.2 Å². The molecule has 1 aromatic carbocycles.